The molecule has 6 heteroatoms. The van der Waals surface area contributed by atoms with E-state index < -0.39 is 6.04 Å². The van der Waals surface area contributed by atoms with Crippen molar-refractivity contribution in [3.8, 4) is 5.75 Å². The van der Waals surface area contributed by atoms with Crippen LogP contribution >= 0.6 is 0 Å². The summed E-state index contributed by atoms with van der Waals surface area (Å²) in [6.07, 6.45) is 0.434. The van der Waals surface area contributed by atoms with Gasteiger partial charge in [-0.2, -0.15) is 0 Å². The van der Waals surface area contributed by atoms with E-state index in [1.54, 1.807) is 7.11 Å². The summed E-state index contributed by atoms with van der Waals surface area (Å²) < 4.78 is 5.22. The molecule has 1 aliphatic rings. The molecule has 1 aliphatic heterocycles. The Morgan fingerprint density at radius 1 is 1.03 bits per heavy atom. The number of methoxy groups -OCH3 is 1. The topological polar surface area (TPSA) is 78.3 Å². The number of benzene rings is 3. The van der Waals surface area contributed by atoms with E-state index in [-0.39, 0.29) is 11.8 Å². The molecule has 1 heterocycles. The summed E-state index contributed by atoms with van der Waals surface area (Å²) in [5, 5.41) is 3.99. The molecule has 3 aromatic rings. The summed E-state index contributed by atoms with van der Waals surface area (Å²) in [5.74, 6) is 0.459. The molecule has 2 atom stereocenters. The van der Waals surface area contributed by atoms with Crippen LogP contribution in [-0.4, -0.2) is 13.0 Å². The minimum Gasteiger partial charge on any atom is -0.497 e. The van der Waals surface area contributed by atoms with Crippen molar-refractivity contribution in [3.63, 3.8) is 0 Å². The monoisotopic (exact) mass is 398 g/mol. The number of azide groups is 1. The van der Waals surface area contributed by atoms with E-state index in [1.165, 1.54) is 0 Å². The Balaban J connectivity index is 1.63. The van der Waals surface area contributed by atoms with Crippen LogP contribution in [0.1, 0.15) is 35.1 Å². The minimum absolute atomic E-state index is 0.0288. The molecule has 0 fully saturated rings. The number of carbonyl (C=O) groups is 1. The second-order valence-corrected chi connectivity index (χ2v) is 7.25. The predicted molar refractivity (Wildman–Crippen MR) is 116 cm³/mol. The van der Waals surface area contributed by atoms with E-state index in [1.807, 2.05) is 83.8 Å². The van der Waals surface area contributed by atoms with Crippen LogP contribution < -0.4 is 9.64 Å². The predicted octanol–water partition coefficient (Wildman–Crippen LogP) is 5.77. The van der Waals surface area contributed by atoms with Gasteiger partial charge in [0.05, 0.1) is 25.6 Å². The van der Waals surface area contributed by atoms with Crippen molar-refractivity contribution in [2.75, 3.05) is 12.0 Å². The first-order valence-electron chi connectivity index (χ1n) is 9.83. The van der Waals surface area contributed by atoms with Crippen LogP contribution in [0.2, 0.25) is 0 Å². The lowest BCUT2D eigenvalue weighted by molar-refractivity contribution is -0.119. The van der Waals surface area contributed by atoms with Crippen LogP contribution in [0.4, 0.5) is 5.69 Å². The molecule has 4 rings (SSSR count). The summed E-state index contributed by atoms with van der Waals surface area (Å²) in [7, 11) is 1.63. The highest BCUT2D eigenvalue weighted by Crippen LogP contribution is 2.43. The van der Waals surface area contributed by atoms with Gasteiger partial charge in [-0.3, -0.25) is 4.79 Å². The third-order valence-electron chi connectivity index (χ3n) is 5.50. The Bertz CT molecular complexity index is 1080. The van der Waals surface area contributed by atoms with E-state index in [0.29, 0.717) is 13.0 Å². The number of amides is 1. The zero-order valence-electron chi connectivity index (χ0n) is 16.7. The fraction of sp³-hybridized carbons (Fsp3) is 0.208. The Morgan fingerprint density at radius 3 is 2.43 bits per heavy atom. The molecule has 0 saturated carbocycles. The molecule has 3 aromatic carbocycles. The number of ether oxygens (including phenoxy) is 1. The summed E-state index contributed by atoms with van der Waals surface area (Å²) in [4.78, 5) is 18.3. The highest BCUT2D eigenvalue weighted by Gasteiger charge is 2.38. The number of carbonyl (C=O) groups excluding carboxylic acids is 1. The number of hydrogen-bond donors (Lipinski definition) is 0. The van der Waals surface area contributed by atoms with E-state index in [9.17, 15) is 4.79 Å². The standard InChI is InChI=1S/C24H22N4O2/c1-30-19-13-11-17(12-14-19)16-28-23-10-6-5-9-20(23)21(24(28)29)15-22(26-27-25)18-7-3-2-4-8-18/h2-14,21-22H,15-16H2,1H3. The van der Waals surface area contributed by atoms with Gasteiger partial charge >= 0.3 is 0 Å². The molecule has 6 nitrogen and oxygen atoms in total. The van der Waals surface area contributed by atoms with Gasteiger partial charge < -0.3 is 9.64 Å². The Labute approximate surface area is 175 Å². The lowest BCUT2D eigenvalue weighted by Crippen LogP contribution is -2.28. The average molecular weight is 398 g/mol. The van der Waals surface area contributed by atoms with Gasteiger partial charge in [-0.05, 0) is 46.8 Å². The highest BCUT2D eigenvalue weighted by atomic mass is 16.5. The lowest BCUT2D eigenvalue weighted by Gasteiger charge is -2.19. The Hall–Kier alpha value is -3.76. The molecule has 150 valence electrons. The first-order chi connectivity index (χ1) is 14.7. The maximum atomic E-state index is 13.4. The SMILES string of the molecule is COc1ccc(CN2C(=O)C(CC(N=[N+]=[N-])c3ccccc3)c3ccccc32)cc1. The maximum absolute atomic E-state index is 13.4. The number of hydrogen-bond acceptors (Lipinski definition) is 3. The smallest absolute Gasteiger partial charge is 0.234 e. The number of nitrogens with zero attached hydrogens (tertiary/aromatic N) is 4. The Morgan fingerprint density at radius 2 is 1.73 bits per heavy atom. The van der Waals surface area contributed by atoms with E-state index in [0.717, 1.165) is 28.1 Å². The third kappa shape index (κ3) is 3.86. The van der Waals surface area contributed by atoms with Crippen molar-refractivity contribution < 1.29 is 9.53 Å². The molecule has 0 aromatic heterocycles. The molecule has 0 N–H and O–H groups in total. The summed E-state index contributed by atoms with van der Waals surface area (Å²) in [5.41, 5.74) is 12.9. The second kappa shape index (κ2) is 8.72. The van der Waals surface area contributed by atoms with Crippen LogP contribution in [0.5, 0.6) is 5.75 Å². The summed E-state index contributed by atoms with van der Waals surface area (Å²) in [6, 6.07) is 24.8. The molecule has 2 unspecified atom stereocenters. The van der Waals surface area contributed by atoms with Gasteiger partial charge in [-0.15, -0.1) is 0 Å². The van der Waals surface area contributed by atoms with E-state index >= 15 is 0 Å². The van der Waals surface area contributed by atoms with Crippen LogP contribution in [-0.2, 0) is 11.3 Å². The van der Waals surface area contributed by atoms with Gasteiger partial charge in [-0.1, -0.05) is 65.8 Å². The minimum atomic E-state index is -0.404. The fourth-order valence-electron chi connectivity index (χ4n) is 3.98. The van der Waals surface area contributed by atoms with Gasteiger partial charge in [-0.25, -0.2) is 0 Å². The van der Waals surface area contributed by atoms with Crippen molar-refractivity contribution in [2.45, 2.75) is 24.9 Å². The second-order valence-electron chi connectivity index (χ2n) is 7.25. The van der Waals surface area contributed by atoms with Crippen LogP contribution in [0.3, 0.4) is 0 Å². The maximum Gasteiger partial charge on any atom is 0.234 e. The largest absolute Gasteiger partial charge is 0.497 e. The van der Waals surface area contributed by atoms with E-state index in [2.05, 4.69) is 10.0 Å². The number of para-hydroxylation sites is 1. The molecular weight excluding hydrogens is 376 g/mol. The van der Waals surface area contributed by atoms with Crippen LogP contribution in [0.25, 0.3) is 10.4 Å². The summed E-state index contributed by atoms with van der Waals surface area (Å²) in [6.45, 7) is 0.480. The number of anilines is 1. The lowest BCUT2D eigenvalue weighted by atomic mass is 9.90. The van der Waals surface area contributed by atoms with Gasteiger partial charge in [0, 0.05) is 10.6 Å². The van der Waals surface area contributed by atoms with Crippen molar-refractivity contribution in [2.24, 2.45) is 5.11 Å². The highest BCUT2D eigenvalue weighted by molar-refractivity contribution is 6.04. The molecule has 0 bridgehead atoms. The number of rotatable bonds is 7. The third-order valence-corrected chi connectivity index (χ3v) is 5.50. The Kier molecular flexibility index (Phi) is 5.68. The first kappa shape index (κ1) is 19.6. The van der Waals surface area contributed by atoms with Crippen molar-refractivity contribution in [3.05, 3.63) is 106 Å². The average Bonchev–Trinajstić information content (AvgIpc) is 3.06. The zero-order valence-corrected chi connectivity index (χ0v) is 16.7. The molecule has 0 saturated heterocycles. The molecule has 30 heavy (non-hydrogen) atoms. The molecule has 0 radical (unpaired) electrons. The van der Waals surface area contributed by atoms with Crippen molar-refractivity contribution >= 4 is 11.6 Å². The van der Waals surface area contributed by atoms with Gasteiger partial charge in [0.15, 0.2) is 0 Å². The van der Waals surface area contributed by atoms with Crippen molar-refractivity contribution in [1.82, 2.24) is 0 Å². The van der Waals surface area contributed by atoms with Gasteiger partial charge in [0.25, 0.3) is 0 Å². The molecule has 1 amide bonds. The van der Waals surface area contributed by atoms with Gasteiger partial charge in [0.2, 0.25) is 5.91 Å². The normalized spacial score (nSPS) is 16.0. The van der Waals surface area contributed by atoms with Crippen molar-refractivity contribution in [1.29, 1.82) is 0 Å². The molecule has 0 aliphatic carbocycles. The first-order valence-corrected chi connectivity index (χ1v) is 9.83. The van der Waals surface area contributed by atoms with Gasteiger partial charge in [0.1, 0.15) is 5.75 Å². The van der Waals surface area contributed by atoms with E-state index in [4.69, 9.17) is 10.3 Å². The fourth-order valence-corrected chi connectivity index (χ4v) is 3.98. The van der Waals surface area contributed by atoms with Crippen LogP contribution in [0.15, 0.2) is 84.0 Å². The zero-order chi connectivity index (χ0) is 20.9. The van der Waals surface area contributed by atoms with Crippen LogP contribution in [0, 0.1) is 0 Å². The molecular formula is C24H22N4O2. The summed E-state index contributed by atoms with van der Waals surface area (Å²) >= 11 is 0. The molecule has 0 spiro atoms. The quantitative estimate of drug-likeness (QED) is 0.288. The number of fused-ring (bicyclic) bond motifs is 1.